The molecule has 130 valence electrons. The Morgan fingerprint density at radius 2 is 2.00 bits per heavy atom. The lowest BCUT2D eigenvalue weighted by Crippen LogP contribution is -2.29. The van der Waals surface area contributed by atoms with Crippen LogP contribution in [0.2, 0.25) is 0 Å². The van der Waals surface area contributed by atoms with Gasteiger partial charge in [0.25, 0.3) is 0 Å². The number of aromatic amines is 1. The van der Waals surface area contributed by atoms with Crippen molar-refractivity contribution in [1.82, 2.24) is 25.1 Å². The van der Waals surface area contributed by atoms with E-state index in [1.165, 1.54) is 0 Å². The lowest BCUT2D eigenvalue weighted by atomic mass is 10.1. The minimum Gasteiger partial charge on any atom is -0.338 e. The summed E-state index contributed by atoms with van der Waals surface area (Å²) in [4.78, 5) is 16.1. The first kappa shape index (κ1) is 16.8. The molecule has 2 aromatic heterocycles. The van der Waals surface area contributed by atoms with Gasteiger partial charge in [0.2, 0.25) is 0 Å². The Hall–Kier alpha value is -3.09. The number of hydrogen-bond acceptors (Lipinski definition) is 3. The first-order chi connectivity index (χ1) is 12.2. The van der Waals surface area contributed by atoms with Crippen LogP contribution in [0.5, 0.6) is 0 Å². The zero-order valence-electron chi connectivity index (χ0n) is 14.2. The van der Waals surface area contributed by atoms with E-state index in [2.05, 4.69) is 30.4 Å². The van der Waals surface area contributed by atoms with Crippen LogP contribution in [0.4, 0.5) is 10.5 Å². The Morgan fingerprint density at radius 3 is 2.68 bits per heavy atom. The second-order valence-electron chi connectivity index (χ2n) is 5.80. The molecule has 2 amide bonds. The smallest absolute Gasteiger partial charge is 0.319 e. The maximum Gasteiger partial charge on any atom is 0.319 e. The van der Waals surface area contributed by atoms with Crippen LogP contribution in [0.25, 0.3) is 11.3 Å². The summed E-state index contributed by atoms with van der Waals surface area (Å²) in [5.41, 5.74) is 2.73. The molecule has 0 saturated heterocycles. The molecule has 3 N–H and O–H groups in total. The molecule has 0 radical (unpaired) electrons. The summed E-state index contributed by atoms with van der Waals surface area (Å²) in [6.07, 6.45) is 7.41. The van der Waals surface area contributed by atoms with Gasteiger partial charge in [0.1, 0.15) is 5.82 Å². The van der Waals surface area contributed by atoms with Crippen molar-refractivity contribution in [1.29, 1.82) is 0 Å². The van der Waals surface area contributed by atoms with Crippen molar-refractivity contribution >= 4 is 11.7 Å². The van der Waals surface area contributed by atoms with Gasteiger partial charge in [-0.15, -0.1) is 0 Å². The van der Waals surface area contributed by atoms with Crippen LogP contribution < -0.4 is 10.6 Å². The molecule has 0 aliphatic heterocycles. The fraction of sp³-hybridized carbons (Fsp3) is 0.278. The number of rotatable bonds is 7. The second kappa shape index (κ2) is 8.14. The van der Waals surface area contributed by atoms with Gasteiger partial charge in [-0.2, -0.15) is 5.10 Å². The topological polar surface area (TPSA) is 87.6 Å². The van der Waals surface area contributed by atoms with Crippen molar-refractivity contribution in [3.63, 3.8) is 0 Å². The molecule has 2 heterocycles. The number of nitrogens with zero attached hydrogens (tertiary/aromatic N) is 3. The number of aromatic nitrogens is 4. The van der Waals surface area contributed by atoms with Crippen molar-refractivity contribution in [2.45, 2.75) is 26.3 Å². The summed E-state index contributed by atoms with van der Waals surface area (Å²) >= 11 is 0. The van der Waals surface area contributed by atoms with E-state index in [9.17, 15) is 4.79 Å². The standard InChI is InChI=1S/C18H22N6O/c1-14-19-11-13-24(14)12-3-2-9-20-18(25)22-16-6-4-15(5-7-16)17-8-10-21-23-17/h4-8,10-11,13H,2-3,9,12H2,1H3,(H,21,23)(H2,20,22,25). The van der Waals surface area contributed by atoms with E-state index in [0.29, 0.717) is 6.54 Å². The second-order valence-corrected chi connectivity index (χ2v) is 5.80. The Balaban J connectivity index is 1.37. The maximum absolute atomic E-state index is 11.9. The third kappa shape index (κ3) is 4.69. The van der Waals surface area contributed by atoms with Gasteiger partial charge in [-0.1, -0.05) is 12.1 Å². The fourth-order valence-corrected chi connectivity index (χ4v) is 2.57. The highest BCUT2D eigenvalue weighted by atomic mass is 16.2. The molecule has 0 atom stereocenters. The predicted molar refractivity (Wildman–Crippen MR) is 97.2 cm³/mol. The number of benzene rings is 1. The van der Waals surface area contributed by atoms with Gasteiger partial charge in [0.05, 0.1) is 5.69 Å². The third-order valence-electron chi connectivity index (χ3n) is 3.99. The van der Waals surface area contributed by atoms with Gasteiger partial charge in [0.15, 0.2) is 0 Å². The van der Waals surface area contributed by atoms with Crippen LogP contribution in [0.15, 0.2) is 48.9 Å². The molecule has 0 unspecified atom stereocenters. The van der Waals surface area contributed by atoms with Gasteiger partial charge >= 0.3 is 6.03 Å². The number of carbonyl (C=O) groups is 1. The highest BCUT2D eigenvalue weighted by Gasteiger charge is 2.03. The number of unbranched alkanes of at least 4 members (excludes halogenated alkanes) is 1. The number of H-pyrrole nitrogens is 1. The molecule has 0 aliphatic rings. The number of aryl methyl sites for hydroxylation is 2. The number of imidazole rings is 1. The fourth-order valence-electron chi connectivity index (χ4n) is 2.57. The van der Waals surface area contributed by atoms with E-state index < -0.39 is 0 Å². The summed E-state index contributed by atoms with van der Waals surface area (Å²) in [6, 6.07) is 9.34. The zero-order chi connectivity index (χ0) is 17.5. The van der Waals surface area contributed by atoms with Gasteiger partial charge in [-0.05, 0) is 43.5 Å². The summed E-state index contributed by atoms with van der Waals surface area (Å²) in [5, 5.41) is 12.6. The molecule has 3 aromatic rings. The van der Waals surface area contributed by atoms with Gasteiger partial charge in [0, 0.05) is 37.4 Å². The highest BCUT2D eigenvalue weighted by molar-refractivity contribution is 5.89. The third-order valence-corrected chi connectivity index (χ3v) is 3.99. The molecule has 0 aliphatic carbocycles. The van der Waals surface area contributed by atoms with Crippen LogP contribution in [0.1, 0.15) is 18.7 Å². The van der Waals surface area contributed by atoms with Crippen molar-refractivity contribution in [2.75, 3.05) is 11.9 Å². The normalized spacial score (nSPS) is 10.6. The number of urea groups is 1. The number of amides is 2. The average molecular weight is 338 g/mol. The van der Waals surface area contributed by atoms with Gasteiger partial charge in [-0.25, -0.2) is 9.78 Å². The van der Waals surface area contributed by atoms with Crippen LogP contribution in [0.3, 0.4) is 0 Å². The van der Waals surface area contributed by atoms with E-state index in [0.717, 1.165) is 42.2 Å². The molecule has 25 heavy (non-hydrogen) atoms. The minimum atomic E-state index is -0.187. The van der Waals surface area contributed by atoms with Crippen molar-refractivity contribution in [2.24, 2.45) is 0 Å². The quantitative estimate of drug-likeness (QED) is 0.578. The lowest BCUT2D eigenvalue weighted by molar-refractivity contribution is 0.252. The van der Waals surface area contributed by atoms with Crippen molar-refractivity contribution in [3.05, 3.63) is 54.7 Å². The lowest BCUT2D eigenvalue weighted by Gasteiger charge is -2.09. The molecular weight excluding hydrogens is 316 g/mol. The number of anilines is 1. The highest BCUT2D eigenvalue weighted by Crippen LogP contribution is 2.18. The van der Waals surface area contributed by atoms with Crippen LogP contribution >= 0.6 is 0 Å². The van der Waals surface area contributed by atoms with Crippen LogP contribution in [-0.4, -0.2) is 32.3 Å². The summed E-state index contributed by atoms with van der Waals surface area (Å²) < 4.78 is 2.11. The minimum absolute atomic E-state index is 0.187. The molecule has 7 heteroatoms. The Morgan fingerprint density at radius 1 is 1.16 bits per heavy atom. The Labute approximate surface area is 146 Å². The summed E-state index contributed by atoms with van der Waals surface area (Å²) in [7, 11) is 0. The maximum atomic E-state index is 11.9. The van der Waals surface area contributed by atoms with E-state index >= 15 is 0 Å². The summed E-state index contributed by atoms with van der Waals surface area (Å²) in [6.45, 7) is 3.55. The van der Waals surface area contributed by atoms with E-state index in [1.54, 1.807) is 12.4 Å². The predicted octanol–water partition coefficient (Wildman–Crippen LogP) is 3.18. The Bertz CT molecular complexity index is 791. The number of carbonyl (C=O) groups excluding carboxylic acids is 1. The molecular formula is C18H22N6O. The first-order valence-corrected chi connectivity index (χ1v) is 8.35. The molecule has 0 fully saturated rings. The van der Waals surface area contributed by atoms with E-state index in [-0.39, 0.29) is 6.03 Å². The largest absolute Gasteiger partial charge is 0.338 e. The molecule has 0 saturated carbocycles. The molecule has 0 bridgehead atoms. The first-order valence-electron chi connectivity index (χ1n) is 8.35. The van der Waals surface area contributed by atoms with E-state index in [4.69, 9.17) is 0 Å². The number of hydrogen-bond donors (Lipinski definition) is 3. The van der Waals surface area contributed by atoms with Crippen LogP contribution in [0, 0.1) is 6.92 Å². The SMILES string of the molecule is Cc1nccn1CCCCNC(=O)Nc1ccc(-c2ccn[nH]2)cc1. The van der Waals surface area contributed by atoms with Crippen molar-refractivity contribution in [3.8, 4) is 11.3 Å². The van der Waals surface area contributed by atoms with Crippen LogP contribution in [-0.2, 0) is 6.54 Å². The van der Waals surface area contributed by atoms with Crippen molar-refractivity contribution < 1.29 is 4.79 Å². The van der Waals surface area contributed by atoms with Gasteiger partial charge in [-0.3, -0.25) is 5.10 Å². The monoisotopic (exact) mass is 338 g/mol. The molecule has 3 rings (SSSR count). The molecule has 7 nitrogen and oxygen atoms in total. The van der Waals surface area contributed by atoms with Gasteiger partial charge < -0.3 is 15.2 Å². The molecule has 0 spiro atoms. The molecule has 1 aromatic carbocycles. The number of nitrogens with one attached hydrogen (secondary N) is 3. The summed E-state index contributed by atoms with van der Waals surface area (Å²) in [5.74, 6) is 1.02. The van der Waals surface area contributed by atoms with E-state index in [1.807, 2.05) is 43.5 Å². The zero-order valence-corrected chi connectivity index (χ0v) is 14.2. The average Bonchev–Trinajstić information content (AvgIpc) is 3.27. The Kier molecular flexibility index (Phi) is 5.46.